The lowest BCUT2D eigenvalue weighted by Crippen LogP contribution is -2.41. The molecule has 4 nitrogen and oxygen atoms in total. The third-order valence-electron chi connectivity index (χ3n) is 3.56. The van der Waals surface area contributed by atoms with Crippen LogP contribution >= 0.6 is 0 Å². The molecule has 80 valence electrons. The Morgan fingerprint density at radius 3 is 3.06 bits per heavy atom. The summed E-state index contributed by atoms with van der Waals surface area (Å²) >= 11 is 0. The molecular weight excluding hydrogens is 202 g/mol. The van der Waals surface area contributed by atoms with Crippen molar-refractivity contribution in [2.24, 2.45) is 5.92 Å². The number of carbonyl (C=O) groups is 1. The normalized spacial score (nSPS) is 31.2. The summed E-state index contributed by atoms with van der Waals surface area (Å²) in [5.74, 6) is -0.332. The van der Waals surface area contributed by atoms with Gasteiger partial charge in [0.25, 0.3) is 0 Å². The number of para-hydroxylation sites is 1. The van der Waals surface area contributed by atoms with Crippen LogP contribution in [0.25, 0.3) is 0 Å². The highest BCUT2D eigenvalue weighted by Crippen LogP contribution is 2.44. The first kappa shape index (κ1) is 9.37. The number of nitriles is 1. The fourth-order valence-electron chi connectivity index (χ4n) is 2.73. The Bertz CT molecular complexity index is 505. The van der Waals surface area contributed by atoms with Gasteiger partial charge in [-0.1, -0.05) is 18.2 Å². The summed E-state index contributed by atoms with van der Waals surface area (Å²) in [5, 5.41) is 15.2. The molecule has 0 aromatic heterocycles. The molecule has 16 heavy (non-hydrogen) atoms. The lowest BCUT2D eigenvalue weighted by molar-refractivity contribution is -0.120. The minimum Gasteiger partial charge on any atom is -0.325 e. The number of nitrogens with one attached hydrogen (secondary N) is 2. The number of fused-ring (bicyclic) bond motifs is 2. The number of benzene rings is 1. The van der Waals surface area contributed by atoms with Gasteiger partial charge in [-0.3, -0.25) is 4.79 Å². The highest BCUT2D eigenvalue weighted by molar-refractivity contribution is 6.07. The second-order valence-corrected chi connectivity index (χ2v) is 4.28. The molecule has 1 spiro atoms. The van der Waals surface area contributed by atoms with Crippen molar-refractivity contribution in [1.29, 1.82) is 5.26 Å². The van der Waals surface area contributed by atoms with Gasteiger partial charge in [-0.05, 0) is 11.6 Å². The second-order valence-electron chi connectivity index (χ2n) is 4.28. The van der Waals surface area contributed by atoms with Gasteiger partial charge in [0.15, 0.2) is 0 Å². The highest BCUT2D eigenvalue weighted by Gasteiger charge is 2.55. The van der Waals surface area contributed by atoms with Crippen molar-refractivity contribution in [3.63, 3.8) is 0 Å². The standard InChI is InChI=1S/C12H11N3O/c13-5-8-6-14-7-12(8)9-3-1-2-4-10(9)15-11(12)16/h1-4,8,14H,6-7H2,(H,15,16)/t8-,12+/m0/s1. The Hall–Kier alpha value is -1.86. The van der Waals surface area contributed by atoms with Gasteiger partial charge in [0.2, 0.25) is 5.91 Å². The number of rotatable bonds is 0. The maximum absolute atomic E-state index is 12.1. The van der Waals surface area contributed by atoms with E-state index in [4.69, 9.17) is 5.26 Å². The molecule has 2 aliphatic rings. The number of hydrogen-bond donors (Lipinski definition) is 2. The van der Waals surface area contributed by atoms with Crippen LogP contribution in [-0.4, -0.2) is 19.0 Å². The molecular formula is C12H11N3O. The largest absolute Gasteiger partial charge is 0.325 e. The molecule has 1 aromatic carbocycles. The Balaban J connectivity index is 2.21. The molecule has 3 rings (SSSR count). The Morgan fingerprint density at radius 2 is 2.25 bits per heavy atom. The van der Waals surface area contributed by atoms with E-state index in [-0.39, 0.29) is 11.8 Å². The van der Waals surface area contributed by atoms with Crippen LogP contribution in [0.3, 0.4) is 0 Å². The van der Waals surface area contributed by atoms with Crippen LogP contribution in [0.1, 0.15) is 5.56 Å². The van der Waals surface area contributed by atoms with Crippen molar-refractivity contribution in [3.8, 4) is 6.07 Å². The molecule has 2 aliphatic heterocycles. The molecule has 0 unspecified atom stereocenters. The minimum atomic E-state index is -0.675. The van der Waals surface area contributed by atoms with E-state index in [2.05, 4.69) is 16.7 Å². The smallest absolute Gasteiger partial charge is 0.237 e. The first-order valence-corrected chi connectivity index (χ1v) is 5.30. The van der Waals surface area contributed by atoms with Crippen LogP contribution in [0.5, 0.6) is 0 Å². The molecule has 2 N–H and O–H groups in total. The van der Waals surface area contributed by atoms with Gasteiger partial charge >= 0.3 is 0 Å². The zero-order valence-electron chi connectivity index (χ0n) is 8.66. The molecule has 1 fully saturated rings. The van der Waals surface area contributed by atoms with Crippen molar-refractivity contribution in [1.82, 2.24) is 5.32 Å². The van der Waals surface area contributed by atoms with Gasteiger partial charge in [-0.2, -0.15) is 5.26 Å². The number of anilines is 1. The first-order valence-electron chi connectivity index (χ1n) is 5.30. The van der Waals surface area contributed by atoms with E-state index in [0.717, 1.165) is 11.3 Å². The zero-order chi connectivity index (χ0) is 11.2. The van der Waals surface area contributed by atoms with E-state index in [9.17, 15) is 4.79 Å². The lowest BCUT2D eigenvalue weighted by atomic mass is 9.74. The number of carbonyl (C=O) groups excluding carboxylic acids is 1. The summed E-state index contributed by atoms with van der Waals surface area (Å²) in [4.78, 5) is 12.1. The third-order valence-corrected chi connectivity index (χ3v) is 3.56. The lowest BCUT2D eigenvalue weighted by Gasteiger charge is -2.23. The Morgan fingerprint density at radius 1 is 1.44 bits per heavy atom. The average Bonchev–Trinajstić information content (AvgIpc) is 2.85. The number of hydrogen-bond acceptors (Lipinski definition) is 3. The van der Waals surface area contributed by atoms with Crippen LogP contribution in [0.2, 0.25) is 0 Å². The predicted molar refractivity (Wildman–Crippen MR) is 58.7 cm³/mol. The van der Waals surface area contributed by atoms with Crippen LogP contribution in [0, 0.1) is 17.2 Å². The number of amides is 1. The summed E-state index contributed by atoms with van der Waals surface area (Å²) in [7, 11) is 0. The summed E-state index contributed by atoms with van der Waals surface area (Å²) in [6.45, 7) is 1.13. The van der Waals surface area contributed by atoms with Gasteiger partial charge in [-0.15, -0.1) is 0 Å². The molecule has 1 amide bonds. The van der Waals surface area contributed by atoms with Crippen molar-refractivity contribution in [3.05, 3.63) is 29.8 Å². The molecule has 2 heterocycles. The molecule has 0 saturated carbocycles. The summed E-state index contributed by atoms with van der Waals surface area (Å²) < 4.78 is 0. The summed E-state index contributed by atoms with van der Waals surface area (Å²) in [5.41, 5.74) is 1.12. The molecule has 0 aliphatic carbocycles. The Labute approximate surface area is 93.3 Å². The van der Waals surface area contributed by atoms with E-state index in [1.807, 2.05) is 24.3 Å². The molecule has 1 aromatic rings. The molecule has 0 radical (unpaired) electrons. The first-order chi connectivity index (χ1) is 7.79. The van der Waals surface area contributed by atoms with Crippen molar-refractivity contribution < 1.29 is 4.79 Å². The van der Waals surface area contributed by atoms with Gasteiger partial charge in [0, 0.05) is 18.8 Å². The summed E-state index contributed by atoms with van der Waals surface area (Å²) in [6.07, 6.45) is 0. The van der Waals surface area contributed by atoms with E-state index in [1.165, 1.54) is 0 Å². The SMILES string of the molecule is N#C[C@H]1CNC[C@@]12C(=O)Nc1ccccc12. The van der Waals surface area contributed by atoms with Gasteiger partial charge < -0.3 is 10.6 Å². The van der Waals surface area contributed by atoms with E-state index < -0.39 is 5.41 Å². The van der Waals surface area contributed by atoms with Crippen LogP contribution in [0.4, 0.5) is 5.69 Å². The maximum Gasteiger partial charge on any atom is 0.237 e. The van der Waals surface area contributed by atoms with Gasteiger partial charge in [-0.25, -0.2) is 0 Å². The summed E-state index contributed by atoms with van der Waals surface area (Å²) in [6, 6.07) is 9.86. The van der Waals surface area contributed by atoms with E-state index in [1.54, 1.807) is 0 Å². The Kier molecular flexibility index (Phi) is 1.79. The van der Waals surface area contributed by atoms with Gasteiger partial charge in [0.1, 0.15) is 5.41 Å². The quantitative estimate of drug-likeness (QED) is 0.664. The van der Waals surface area contributed by atoms with Crippen LogP contribution in [0.15, 0.2) is 24.3 Å². The topological polar surface area (TPSA) is 64.9 Å². The second kappa shape index (κ2) is 3.06. The molecule has 2 atom stereocenters. The van der Waals surface area contributed by atoms with Gasteiger partial charge in [0.05, 0.1) is 12.0 Å². The fraction of sp³-hybridized carbons (Fsp3) is 0.333. The zero-order valence-corrected chi connectivity index (χ0v) is 8.66. The average molecular weight is 213 g/mol. The predicted octanol–water partition coefficient (Wildman–Crippen LogP) is 0.619. The van der Waals surface area contributed by atoms with Crippen LogP contribution < -0.4 is 10.6 Å². The molecule has 1 saturated heterocycles. The van der Waals surface area contributed by atoms with Crippen molar-refractivity contribution >= 4 is 11.6 Å². The van der Waals surface area contributed by atoms with Crippen LogP contribution in [-0.2, 0) is 10.2 Å². The fourth-order valence-corrected chi connectivity index (χ4v) is 2.73. The monoisotopic (exact) mass is 213 g/mol. The number of nitrogens with zero attached hydrogens (tertiary/aromatic N) is 1. The van der Waals surface area contributed by atoms with Crippen molar-refractivity contribution in [2.45, 2.75) is 5.41 Å². The maximum atomic E-state index is 12.1. The highest BCUT2D eigenvalue weighted by atomic mass is 16.2. The molecule has 0 bridgehead atoms. The van der Waals surface area contributed by atoms with E-state index in [0.29, 0.717) is 13.1 Å². The van der Waals surface area contributed by atoms with Crippen molar-refractivity contribution in [2.75, 3.05) is 18.4 Å². The van der Waals surface area contributed by atoms with E-state index >= 15 is 0 Å². The molecule has 4 heteroatoms. The minimum absolute atomic E-state index is 0.0507. The third kappa shape index (κ3) is 0.935.